The Hall–Kier alpha value is -2.74. The number of carbonyl (C=O) groups excluding carboxylic acids is 2. The number of hydrogen-bond donors (Lipinski definition) is 0. The molecule has 4 rings (SSSR count). The van der Waals surface area contributed by atoms with Gasteiger partial charge in [-0.05, 0) is 38.2 Å². The second-order valence-electron chi connectivity index (χ2n) is 7.51. The first-order valence-electron chi connectivity index (χ1n) is 9.02. The molecule has 2 aliphatic carbocycles. The van der Waals surface area contributed by atoms with Gasteiger partial charge in [-0.1, -0.05) is 23.8 Å². The van der Waals surface area contributed by atoms with E-state index in [4.69, 9.17) is 16.3 Å². The van der Waals surface area contributed by atoms with Crippen molar-refractivity contribution in [1.82, 2.24) is 5.01 Å². The summed E-state index contributed by atoms with van der Waals surface area (Å²) in [4.78, 5) is 36.0. The first-order valence-corrected chi connectivity index (χ1v) is 9.40. The van der Waals surface area contributed by atoms with Crippen LogP contribution in [0.15, 0.2) is 29.4 Å². The van der Waals surface area contributed by atoms with Crippen molar-refractivity contribution < 1.29 is 19.2 Å². The number of rotatable bonds is 5. The molecule has 28 heavy (non-hydrogen) atoms. The molecule has 1 heterocycles. The predicted molar refractivity (Wildman–Crippen MR) is 101 cm³/mol. The number of benzene rings is 1. The Balaban J connectivity index is 1.61. The Morgan fingerprint density at radius 2 is 1.86 bits per heavy atom. The van der Waals surface area contributed by atoms with Crippen LogP contribution in [-0.4, -0.2) is 34.1 Å². The molecule has 2 fully saturated rings. The summed E-state index contributed by atoms with van der Waals surface area (Å²) in [6.07, 6.45) is 5.79. The highest BCUT2D eigenvalue weighted by Crippen LogP contribution is 2.52. The number of hydrogen-bond acceptors (Lipinski definition) is 6. The quantitative estimate of drug-likeness (QED) is 0.247. The van der Waals surface area contributed by atoms with Crippen molar-refractivity contribution in [3.63, 3.8) is 0 Å². The number of imide groups is 1. The normalized spacial score (nSPS) is 28.1. The fourth-order valence-corrected chi connectivity index (χ4v) is 4.55. The summed E-state index contributed by atoms with van der Waals surface area (Å²) < 4.78 is 5.44. The topological polar surface area (TPSA) is 102 Å². The number of ether oxygens (including phenoxy) is 1. The number of nitrogens with zero attached hydrogens (tertiary/aromatic N) is 3. The van der Waals surface area contributed by atoms with Crippen LogP contribution in [-0.2, 0) is 9.59 Å². The molecule has 9 heteroatoms. The summed E-state index contributed by atoms with van der Waals surface area (Å²) in [6.45, 7) is 3.47. The van der Waals surface area contributed by atoms with Gasteiger partial charge in [-0.25, -0.2) is 0 Å². The molecule has 3 aliphatic rings. The summed E-state index contributed by atoms with van der Waals surface area (Å²) >= 11 is 6.15. The van der Waals surface area contributed by atoms with Gasteiger partial charge in [0, 0.05) is 11.6 Å². The summed E-state index contributed by atoms with van der Waals surface area (Å²) in [7, 11) is 0. The Morgan fingerprint density at radius 3 is 2.39 bits per heavy atom. The molecular formula is C19H18ClN3O5. The molecule has 4 atom stereocenters. The van der Waals surface area contributed by atoms with E-state index in [0.29, 0.717) is 5.56 Å². The summed E-state index contributed by atoms with van der Waals surface area (Å²) in [5, 5.41) is 16.4. The van der Waals surface area contributed by atoms with E-state index in [1.165, 1.54) is 18.3 Å². The predicted octanol–water partition coefficient (Wildman–Crippen LogP) is 3.18. The van der Waals surface area contributed by atoms with E-state index in [1.54, 1.807) is 13.8 Å². The summed E-state index contributed by atoms with van der Waals surface area (Å²) in [6, 6.07) is 2.71. The minimum atomic E-state index is -0.596. The molecule has 0 unspecified atom stereocenters. The van der Waals surface area contributed by atoms with Crippen molar-refractivity contribution in [1.29, 1.82) is 0 Å². The molecule has 2 amide bonds. The van der Waals surface area contributed by atoms with Gasteiger partial charge in [-0.3, -0.25) is 19.7 Å². The van der Waals surface area contributed by atoms with E-state index in [1.807, 2.05) is 12.2 Å². The monoisotopic (exact) mass is 403 g/mol. The van der Waals surface area contributed by atoms with Crippen molar-refractivity contribution in [3.8, 4) is 5.75 Å². The number of nitro benzene ring substituents is 1. The first-order chi connectivity index (χ1) is 13.3. The van der Waals surface area contributed by atoms with Crippen LogP contribution in [0.4, 0.5) is 5.69 Å². The molecule has 8 nitrogen and oxygen atoms in total. The highest BCUT2D eigenvalue weighted by Gasteiger charge is 2.59. The van der Waals surface area contributed by atoms with Crippen LogP contribution >= 0.6 is 11.6 Å². The zero-order valence-corrected chi connectivity index (χ0v) is 16.0. The maximum Gasteiger partial charge on any atom is 0.313 e. The molecule has 146 valence electrons. The standard InChI is InChI=1S/C19H18ClN3O5/c1-9(2)28-17-13(20)5-10(6-14(17)23(26)27)8-21-22-18(24)15-11-3-4-12(7-11)16(15)19(22)25/h3-6,8-9,11-12,15-16H,7H2,1-2H3/t11-,12-,15-,16+/m0/s1. The number of halogens is 1. The lowest BCUT2D eigenvalue weighted by Gasteiger charge is -2.13. The van der Waals surface area contributed by atoms with E-state index in [-0.39, 0.29) is 58.0 Å². The van der Waals surface area contributed by atoms with Crippen LogP contribution in [0.25, 0.3) is 0 Å². The lowest BCUT2D eigenvalue weighted by Crippen LogP contribution is -2.28. The second kappa shape index (κ2) is 6.70. The molecule has 2 bridgehead atoms. The van der Waals surface area contributed by atoms with Crippen molar-refractivity contribution in [2.45, 2.75) is 26.4 Å². The number of hydrazone groups is 1. The number of nitro groups is 1. The minimum Gasteiger partial charge on any atom is -0.483 e. The van der Waals surface area contributed by atoms with Crippen LogP contribution < -0.4 is 4.74 Å². The minimum absolute atomic E-state index is 0.0238. The number of carbonyl (C=O) groups is 2. The third kappa shape index (κ3) is 2.88. The fraction of sp³-hybridized carbons (Fsp3) is 0.421. The van der Waals surface area contributed by atoms with Crippen LogP contribution in [0, 0.1) is 33.8 Å². The van der Waals surface area contributed by atoms with Crippen molar-refractivity contribution >= 4 is 35.3 Å². The Morgan fingerprint density at radius 1 is 1.25 bits per heavy atom. The third-order valence-electron chi connectivity index (χ3n) is 5.37. The molecule has 1 aliphatic heterocycles. The Kier molecular flexibility index (Phi) is 4.45. The second-order valence-corrected chi connectivity index (χ2v) is 7.91. The molecule has 0 radical (unpaired) electrons. The van der Waals surface area contributed by atoms with Crippen molar-refractivity contribution in [2.75, 3.05) is 0 Å². The fourth-order valence-electron chi connectivity index (χ4n) is 4.29. The lowest BCUT2D eigenvalue weighted by atomic mass is 9.85. The number of fused-ring (bicyclic) bond motifs is 5. The highest BCUT2D eigenvalue weighted by molar-refractivity contribution is 6.32. The Labute approximate surface area is 165 Å². The molecular weight excluding hydrogens is 386 g/mol. The van der Waals surface area contributed by atoms with E-state index < -0.39 is 4.92 Å². The average Bonchev–Trinajstić information content (AvgIpc) is 3.29. The third-order valence-corrected chi connectivity index (χ3v) is 5.65. The van der Waals surface area contributed by atoms with E-state index >= 15 is 0 Å². The van der Waals surface area contributed by atoms with Crippen LogP contribution in [0.3, 0.4) is 0 Å². The molecule has 0 spiro atoms. The average molecular weight is 404 g/mol. The van der Waals surface area contributed by atoms with Gasteiger partial charge in [0.25, 0.3) is 11.8 Å². The van der Waals surface area contributed by atoms with E-state index in [9.17, 15) is 19.7 Å². The van der Waals surface area contributed by atoms with Gasteiger partial charge in [0.05, 0.1) is 34.1 Å². The van der Waals surface area contributed by atoms with Gasteiger partial charge in [-0.15, -0.1) is 0 Å². The summed E-state index contributed by atoms with van der Waals surface area (Å²) in [5.41, 5.74) is -0.00704. The van der Waals surface area contributed by atoms with Gasteiger partial charge in [0.2, 0.25) is 5.75 Å². The zero-order valence-electron chi connectivity index (χ0n) is 15.2. The van der Waals surface area contributed by atoms with Crippen LogP contribution in [0.2, 0.25) is 5.02 Å². The molecule has 1 saturated carbocycles. The van der Waals surface area contributed by atoms with Gasteiger partial charge < -0.3 is 4.74 Å². The Bertz CT molecular complexity index is 912. The lowest BCUT2D eigenvalue weighted by molar-refractivity contribution is -0.386. The van der Waals surface area contributed by atoms with Gasteiger partial charge >= 0.3 is 5.69 Å². The van der Waals surface area contributed by atoms with Crippen LogP contribution in [0.1, 0.15) is 25.8 Å². The van der Waals surface area contributed by atoms with Crippen molar-refractivity contribution in [2.24, 2.45) is 28.8 Å². The number of amides is 2. The van der Waals surface area contributed by atoms with Gasteiger partial charge in [0.15, 0.2) is 0 Å². The SMILES string of the molecule is CC(C)Oc1c(Cl)cc(C=NN2C(=O)[C@@H]3[C@H](C2=O)[C@H]2C=C[C@H]3C2)cc1[N+](=O)[O-]. The molecule has 0 aromatic heterocycles. The molecule has 1 aromatic rings. The van der Waals surface area contributed by atoms with Gasteiger partial charge in [0.1, 0.15) is 0 Å². The molecule has 1 aromatic carbocycles. The molecule has 0 N–H and O–H groups in total. The maximum atomic E-state index is 12.6. The zero-order chi connectivity index (χ0) is 20.2. The maximum absolute atomic E-state index is 12.6. The first kappa shape index (κ1) is 18.6. The van der Waals surface area contributed by atoms with E-state index in [2.05, 4.69) is 5.10 Å². The largest absolute Gasteiger partial charge is 0.483 e. The van der Waals surface area contributed by atoms with Gasteiger partial charge in [-0.2, -0.15) is 10.1 Å². The number of allylic oxidation sites excluding steroid dienone is 2. The van der Waals surface area contributed by atoms with Crippen molar-refractivity contribution in [3.05, 3.63) is 45.0 Å². The summed E-state index contributed by atoms with van der Waals surface area (Å²) in [5.74, 6) is -1.17. The smallest absolute Gasteiger partial charge is 0.313 e. The molecule has 1 saturated heterocycles. The van der Waals surface area contributed by atoms with E-state index in [0.717, 1.165) is 11.4 Å². The van der Waals surface area contributed by atoms with Crippen LogP contribution in [0.5, 0.6) is 5.75 Å². The highest BCUT2D eigenvalue weighted by atomic mass is 35.5.